The number of fused-ring (bicyclic) bond motifs is 3. The van der Waals surface area contributed by atoms with Crippen molar-refractivity contribution in [3.63, 3.8) is 0 Å². The SMILES string of the molecule is CCN1C(=O)c2nc(-c3ccc(C#N)nc3)n(Cc3ccc(F)c(F)c3)c2N2C[C@@H](C(C)C)N=C12. The highest BCUT2D eigenvalue weighted by Crippen LogP contribution is 2.37. The molecule has 0 bridgehead atoms. The van der Waals surface area contributed by atoms with Crippen LogP contribution in [0, 0.1) is 28.9 Å². The average molecular weight is 476 g/mol. The number of imidazole rings is 1. The monoisotopic (exact) mass is 475 g/mol. The summed E-state index contributed by atoms with van der Waals surface area (Å²) in [6.07, 6.45) is 1.52. The number of guanidine groups is 1. The molecule has 0 saturated carbocycles. The van der Waals surface area contributed by atoms with Crippen molar-refractivity contribution in [3.8, 4) is 17.5 Å². The fraction of sp³-hybridized carbons (Fsp3) is 0.320. The van der Waals surface area contributed by atoms with Crippen molar-refractivity contribution in [1.82, 2.24) is 19.4 Å². The molecule has 5 rings (SSSR count). The predicted octanol–water partition coefficient (Wildman–Crippen LogP) is 3.82. The van der Waals surface area contributed by atoms with E-state index in [1.807, 2.05) is 22.5 Å². The standard InChI is InChI=1S/C25H23F2N7O/c1-4-32-24(35)21-23(34-13-20(14(2)3)30-25(32)34)33(12-15-5-8-18(26)19(27)9-15)22(31-21)16-6-7-17(10-28)29-11-16/h5-9,11,14,20H,4,12-13H2,1-3H3/t20-/m0/s1. The fourth-order valence-electron chi connectivity index (χ4n) is 4.43. The molecule has 1 aromatic carbocycles. The van der Waals surface area contributed by atoms with Crippen LogP contribution in [0.15, 0.2) is 41.5 Å². The molecule has 0 fully saturated rings. The van der Waals surface area contributed by atoms with Gasteiger partial charge in [-0.3, -0.25) is 14.6 Å². The van der Waals surface area contributed by atoms with E-state index in [4.69, 9.17) is 15.2 Å². The molecule has 0 spiro atoms. The minimum Gasteiger partial charge on any atom is -0.305 e. The Kier molecular flexibility index (Phi) is 5.55. The van der Waals surface area contributed by atoms with E-state index < -0.39 is 11.6 Å². The minimum atomic E-state index is -0.949. The van der Waals surface area contributed by atoms with Crippen LogP contribution in [-0.2, 0) is 6.54 Å². The average Bonchev–Trinajstić information content (AvgIpc) is 3.44. The van der Waals surface area contributed by atoms with E-state index in [-0.39, 0.29) is 35.8 Å². The fourth-order valence-corrected chi connectivity index (χ4v) is 4.43. The van der Waals surface area contributed by atoms with Gasteiger partial charge in [0.2, 0.25) is 5.96 Å². The maximum Gasteiger partial charge on any atom is 0.283 e. The van der Waals surface area contributed by atoms with E-state index in [9.17, 15) is 13.6 Å². The van der Waals surface area contributed by atoms with Crippen LogP contribution in [0.4, 0.5) is 14.6 Å². The lowest BCUT2D eigenvalue weighted by Gasteiger charge is -2.33. The van der Waals surface area contributed by atoms with Crippen LogP contribution in [0.25, 0.3) is 11.4 Å². The number of carbonyl (C=O) groups is 1. The molecule has 0 aliphatic carbocycles. The number of aromatic nitrogens is 3. The second-order valence-corrected chi connectivity index (χ2v) is 8.89. The maximum absolute atomic E-state index is 14.0. The van der Waals surface area contributed by atoms with E-state index in [0.29, 0.717) is 41.8 Å². The third kappa shape index (κ3) is 3.73. The van der Waals surface area contributed by atoms with Crippen LogP contribution >= 0.6 is 0 Å². The second kappa shape index (κ2) is 8.58. The number of benzene rings is 1. The van der Waals surface area contributed by atoms with Crippen molar-refractivity contribution < 1.29 is 13.6 Å². The zero-order valence-corrected chi connectivity index (χ0v) is 19.5. The topological polar surface area (TPSA) is 90.4 Å². The zero-order valence-electron chi connectivity index (χ0n) is 19.5. The lowest BCUT2D eigenvalue weighted by atomic mass is 10.1. The van der Waals surface area contributed by atoms with Crippen molar-refractivity contribution in [2.75, 3.05) is 18.0 Å². The van der Waals surface area contributed by atoms with Crippen LogP contribution in [0.3, 0.4) is 0 Å². The Hall–Kier alpha value is -4.13. The largest absolute Gasteiger partial charge is 0.305 e. The van der Waals surface area contributed by atoms with Gasteiger partial charge < -0.3 is 4.57 Å². The van der Waals surface area contributed by atoms with Crippen molar-refractivity contribution in [3.05, 3.63) is 65.1 Å². The smallest absolute Gasteiger partial charge is 0.283 e. The number of nitrogens with zero attached hydrogens (tertiary/aromatic N) is 7. The van der Waals surface area contributed by atoms with E-state index in [1.54, 1.807) is 17.0 Å². The summed E-state index contributed by atoms with van der Waals surface area (Å²) in [5.74, 6) is -0.320. The van der Waals surface area contributed by atoms with Crippen LogP contribution in [-0.4, -0.2) is 50.4 Å². The molecular weight excluding hydrogens is 452 g/mol. The maximum atomic E-state index is 14.0. The van der Waals surface area contributed by atoms with Gasteiger partial charge in [0, 0.05) is 18.3 Å². The molecule has 8 nitrogen and oxygen atoms in total. The Morgan fingerprint density at radius 2 is 2.00 bits per heavy atom. The molecule has 0 unspecified atom stereocenters. The highest BCUT2D eigenvalue weighted by molar-refractivity contribution is 6.18. The highest BCUT2D eigenvalue weighted by Gasteiger charge is 2.44. The predicted molar refractivity (Wildman–Crippen MR) is 126 cm³/mol. The molecule has 4 heterocycles. The first kappa shape index (κ1) is 22.7. The number of hydrogen-bond donors (Lipinski definition) is 0. The van der Waals surface area contributed by atoms with Gasteiger partial charge in [-0.1, -0.05) is 19.9 Å². The van der Waals surface area contributed by atoms with Crippen LogP contribution in [0.2, 0.25) is 0 Å². The van der Waals surface area contributed by atoms with Gasteiger partial charge in [0.25, 0.3) is 5.91 Å². The number of rotatable bonds is 5. The number of pyridine rings is 1. The van der Waals surface area contributed by atoms with Gasteiger partial charge >= 0.3 is 0 Å². The summed E-state index contributed by atoms with van der Waals surface area (Å²) in [5, 5.41) is 9.12. The lowest BCUT2D eigenvalue weighted by Crippen LogP contribution is -2.50. The number of amides is 1. The van der Waals surface area contributed by atoms with E-state index in [2.05, 4.69) is 18.8 Å². The summed E-state index contributed by atoms with van der Waals surface area (Å²) in [4.78, 5) is 30.8. The molecule has 0 radical (unpaired) electrons. The minimum absolute atomic E-state index is 0.00977. The molecule has 1 atom stereocenters. The van der Waals surface area contributed by atoms with Gasteiger partial charge in [0.15, 0.2) is 17.3 Å². The first-order valence-corrected chi connectivity index (χ1v) is 11.4. The Bertz CT molecular complexity index is 1390. The number of carbonyl (C=O) groups excluding carboxylic acids is 1. The molecule has 178 valence electrons. The number of halogens is 2. The third-order valence-electron chi connectivity index (χ3n) is 6.32. The number of anilines is 1. The summed E-state index contributed by atoms with van der Waals surface area (Å²) in [7, 11) is 0. The van der Waals surface area contributed by atoms with Gasteiger partial charge in [-0.15, -0.1) is 0 Å². The quantitative estimate of drug-likeness (QED) is 0.560. The van der Waals surface area contributed by atoms with Crippen molar-refractivity contribution in [1.29, 1.82) is 5.26 Å². The normalized spacial score (nSPS) is 16.9. The molecule has 2 aliphatic heterocycles. The van der Waals surface area contributed by atoms with Gasteiger partial charge in [-0.25, -0.2) is 23.7 Å². The molecule has 0 saturated heterocycles. The molecule has 0 N–H and O–H groups in total. The summed E-state index contributed by atoms with van der Waals surface area (Å²) >= 11 is 0. The summed E-state index contributed by atoms with van der Waals surface area (Å²) in [6.45, 7) is 7.19. The summed E-state index contributed by atoms with van der Waals surface area (Å²) in [5.41, 5.74) is 1.61. The number of nitriles is 1. The Morgan fingerprint density at radius 3 is 2.63 bits per heavy atom. The van der Waals surface area contributed by atoms with Gasteiger partial charge in [0.05, 0.1) is 19.1 Å². The molecule has 35 heavy (non-hydrogen) atoms. The molecular formula is C25H23F2N7O. The van der Waals surface area contributed by atoms with Crippen LogP contribution in [0.1, 0.15) is 42.5 Å². The molecule has 3 aromatic rings. The van der Waals surface area contributed by atoms with Gasteiger partial charge in [-0.2, -0.15) is 5.26 Å². The third-order valence-corrected chi connectivity index (χ3v) is 6.32. The van der Waals surface area contributed by atoms with Crippen molar-refractivity contribution in [2.24, 2.45) is 10.9 Å². The Morgan fingerprint density at radius 1 is 1.20 bits per heavy atom. The van der Waals surface area contributed by atoms with E-state index in [0.717, 1.165) is 12.1 Å². The molecule has 2 aromatic heterocycles. The Labute approximate surface area is 201 Å². The first-order chi connectivity index (χ1) is 16.8. The number of aliphatic imine (C=N–C) groups is 1. The van der Waals surface area contributed by atoms with Crippen LogP contribution in [0.5, 0.6) is 0 Å². The zero-order chi connectivity index (χ0) is 24.9. The summed E-state index contributed by atoms with van der Waals surface area (Å²) < 4.78 is 29.4. The molecule has 1 amide bonds. The Balaban J connectivity index is 1.71. The number of hydrogen-bond acceptors (Lipinski definition) is 6. The van der Waals surface area contributed by atoms with E-state index in [1.165, 1.54) is 12.3 Å². The molecule has 2 aliphatic rings. The van der Waals surface area contributed by atoms with Gasteiger partial charge in [-0.05, 0) is 42.7 Å². The van der Waals surface area contributed by atoms with Crippen LogP contribution < -0.4 is 4.90 Å². The van der Waals surface area contributed by atoms with Crippen molar-refractivity contribution in [2.45, 2.75) is 33.4 Å². The van der Waals surface area contributed by atoms with Crippen molar-refractivity contribution >= 4 is 17.7 Å². The summed E-state index contributed by atoms with van der Waals surface area (Å²) in [6, 6.07) is 8.98. The highest BCUT2D eigenvalue weighted by atomic mass is 19.2. The van der Waals surface area contributed by atoms with E-state index >= 15 is 0 Å². The van der Waals surface area contributed by atoms with Gasteiger partial charge in [0.1, 0.15) is 23.4 Å². The second-order valence-electron chi connectivity index (χ2n) is 8.89. The first-order valence-electron chi connectivity index (χ1n) is 11.4. The lowest BCUT2D eigenvalue weighted by molar-refractivity contribution is 0.0841. The molecule has 10 heteroatoms.